The number of aliphatic hydroxyl groups is 2. The predicted molar refractivity (Wildman–Crippen MR) is 120 cm³/mol. The number of hydrogen-bond donors (Lipinski definition) is 3. The Hall–Kier alpha value is -2.13. The quantitative estimate of drug-likeness (QED) is 0.396. The van der Waals surface area contributed by atoms with E-state index in [9.17, 15) is 24.6 Å². The Kier molecular flexibility index (Phi) is 9.71. The van der Waals surface area contributed by atoms with Crippen LogP contribution in [0.4, 0.5) is 4.79 Å². The smallest absolute Gasteiger partial charge is 0.411 e. The second-order valence-electron chi connectivity index (χ2n) is 10.2. The van der Waals surface area contributed by atoms with Crippen LogP contribution < -0.4 is 5.32 Å². The van der Waals surface area contributed by atoms with E-state index >= 15 is 0 Å². The molecule has 0 bridgehead atoms. The Labute approximate surface area is 191 Å². The number of nitrogens with one attached hydrogen (secondary N) is 1. The first-order valence-electron chi connectivity index (χ1n) is 11.0. The highest BCUT2D eigenvalue weighted by molar-refractivity contribution is 5.83. The molecule has 0 saturated carbocycles. The number of hydrogen-bond acceptors (Lipinski definition) is 7. The summed E-state index contributed by atoms with van der Waals surface area (Å²) in [7, 11) is 0. The molecule has 0 aliphatic carbocycles. The molecule has 0 aromatic carbocycles. The molecular formula is C23H40N2O7. The van der Waals surface area contributed by atoms with Gasteiger partial charge in [-0.2, -0.15) is 0 Å². The number of carbonyl (C=O) groups excluding carboxylic acids is 3. The van der Waals surface area contributed by atoms with Gasteiger partial charge >= 0.3 is 12.1 Å². The van der Waals surface area contributed by atoms with Crippen molar-refractivity contribution in [2.24, 2.45) is 5.92 Å². The standard InChI is InChI=1S/C23H40N2O7/c1-9-10-15-13-16(20(29)31-22(3,4)5)25(21(30)32-23(6,7)8)19(15)18(24-14(2)27)17(28)11-12-26/h9-10,15-19,26,28H,11-13H2,1-8H3,(H,24,27)/t15-,16-,17+,18+,19-/m1/s1. The molecule has 1 saturated heterocycles. The molecular weight excluding hydrogens is 416 g/mol. The van der Waals surface area contributed by atoms with Crippen LogP contribution in [0.25, 0.3) is 0 Å². The van der Waals surface area contributed by atoms with Crippen LogP contribution in [0, 0.1) is 5.92 Å². The fraction of sp³-hybridized carbons (Fsp3) is 0.783. The normalized spacial score (nSPS) is 23.7. The minimum Gasteiger partial charge on any atom is -0.458 e. The molecule has 32 heavy (non-hydrogen) atoms. The number of allylic oxidation sites excluding steroid dienone is 1. The van der Waals surface area contributed by atoms with Gasteiger partial charge in [-0.25, -0.2) is 9.59 Å². The van der Waals surface area contributed by atoms with Crippen LogP contribution in [0.3, 0.4) is 0 Å². The van der Waals surface area contributed by atoms with Gasteiger partial charge in [0.2, 0.25) is 5.91 Å². The molecule has 1 aliphatic heterocycles. The highest BCUT2D eigenvalue weighted by Gasteiger charge is 2.53. The Morgan fingerprint density at radius 1 is 1.12 bits per heavy atom. The van der Waals surface area contributed by atoms with Gasteiger partial charge in [-0.15, -0.1) is 0 Å². The van der Waals surface area contributed by atoms with Gasteiger partial charge in [0.25, 0.3) is 0 Å². The van der Waals surface area contributed by atoms with E-state index < -0.39 is 53.4 Å². The Morgan fingerprint density at radius 3 is 2.12 bits per heavy atom. The number of carbonyl (C=O) groups is 3. The van der Waals surface area contributed by atoms with E-state index in [1.807, 2.05) is 13.0 Å². The van der Waals surface area contributed by atoms with Gasteiger partial charge in [0.05, 0.1) is 18.2 Å². The molecule has 0 aromatic heterocycles. The molecule has 2 amide bonds. The summed E-state index contributed by atoms with van der Waals surface area (Å²) < 4.78 is 11.2. The van der Waals surface area contributed by atoms with E-state index in [1.54, 1.807) is 47.6 Å². The number of esters is 1. The topological polar surface area (TPSA) is 125 Å². The summed E-state index contributed by atoms with van der Waals surface area (Å²) in [5.74, 6) is -1.36. The molecule has 0 radical (unpaired) electrons. The average molecular weight is 457 g/mol. The molecule has 5 atom stereocenters. The summed E-state index contributed by atoms with van der Waals surface area (Å²) in [6, 6.07) is -2.68. The molecule has 1 heterocycles. The van der Waals surface area contributed by atoms with E-state index in [2.05, 4.69) is 5.32 Å². The van der Waals surface area contributed by atoms with Crippen molar-refractivity contribution in [2.75, 3.05) is 6.61 Å². The SMILES string of the molecule is CC=C[C@@H]1C[C@H](C(=O)OC(C)(C)C)N(C(=O)OC(C)(C)C)[C@H]1[C@@H](NC(C)=O)[C@@H](O)CCO. The first-order valence-corrected chi connectivity index (χ1v) is 11.0. The van der Waals surface area contributed by atoms with Crippen LogP contribution in [-0.4, -0.2) is 75.1 Å². The summed E-state index contributed by atoms with van der Waals surface area (Å²) in [6.45, 7) is 13.2. The van der Waals surface area contributed by atoms with Crippen molar-refractivity contribution in [1.82, 2.24) is 10.2 Å². The van der Waals surface area contributed by atoms with Gasteiger partial charge in [0.1, 0.15) is 17.2 Å². The van der Waals surface area contributed by atoms with Crippen LogP contribution >= 0.6 is 0 Å². The van der Waals surface area contributed by atoms with Gasteiger partial charge in [-0.05, 0) is 61.3 Å². The maximum Gasteiger partial charge on any atom is 0.411 e. The zero-order valence-corrected chi connectivity index (χ0v) is 20.5. The third kappa shape index (κ3) is 8.09. The van der Waals surface area contributed by atoms with Crippen molar-refractivity contribution in [3.05, 3.63) is 12.2 Å². The average Bonchev–Trinajstić information content (AvgIpc) is 2.96. The minimum absolute atomic E-state index is 0.0106. The molecule has 0 spiro atoms. The van der Waals surface area contributed by atoms with Crippen LogP contribution in [0.2, 0.25) is 0 Å². The lowest BCUT2D eigenvalue weighted by atomic mass is 9.89. The zero-order valence-electron chi connectivity index (χ0n) is 20.5. The Balaban J connectivity index is 3.55. The summed E-state index contributed by atoms with van der Waals surface area (Å²) in [4.78, 5) is 39.6. The van der Waals surface area contributed by atoms with Gasteiger partial charge in [0, 0.05) is 19.4 Å². The molecule has 3 N–H and O–H groups in total. The van der Waals surface area contributed by atoms with Crippen molar-refractivity contribution in [3.63, 3.8) is 0 Å². The van der Waals surface area contributed by atoms with E-state index in [1.165, 1.54) is 11.8 Å². The maximum absolute atomic E-state index is 13.3. The minimum atomic E-state index is -1.15. The maximum atomic E-state index is 13.3. The molecule has 9 heteroatoms. The van der Waals surface area contributed by atoms with Crippen molar-refractivity contribution in [2.45, 2.75) is 104 Å². The summed E-state index contributed by atoms with van der Waals surface area (Å²) in [5, 5.41) is 22.8. The van der Waals surface area contributed by atoms with Gasteiger partial charge in [-0.3, -0.25) is 9.69 Å². The van der Waals surface area contributed by atoms with Gasteiger partial charge in [0.15, 0.2) is 0 Å². The third-order valence-electron chi connectivity index (χ3n) is 4.89. The fourth-order valence-electron chi connectivity index (χ4n) is 3.90. The Morgan fingerprint density at radius 2 is 1.69 bits per heavy atom. The Bertz CT molecular complexity index is 693. The first kappa shape index (κ1) is 27.9. The zero-order chi connectivity index (χ0) is 24.9. The number of amides is 2. The number of aliphatic hydroxyl groups excluding tert-OH is 2. The van der Waals surface area contributed by atoms with E-state index in [-0.39, 0.29) is 25.4 Å². The van der Waals surface area contributed by atoms with Crippen molar-refractivity contribution in [3.8, 4) is 0 Å². The second kappa shape index (κ2) is 11.1. The van der Waals surface area contributed by atoms with E-state index in [0.717, 1.165) is 0 Å². The highest BCUT2D eigenvalue weighted by Crippen LogP contribution is 2.37. The largest absolute Gasteiger partial charge is 0.458 e. The van der Waals surface area contributed by atoms with Gasteiger partial charge in [-0.1, -0.05) is 12.2 Å². The van der Waals surface area contributed by atoms with Gasteiger partial charge < -0.3 is 25.0 Å². The number of ether oxygens (including phenoxy) is 2. The molecule has 0 unspecified atom stereocenters. The summed E-state index contributed by atoms with van der Waals surface area (Å²) in [5.41, 5.74) is -1.59. The van der Waals surface area contributed by atoms with Crippen LogP contribution in [0.15, 0.2) is 12.2 Å². The van der Waals surface area contributed by atoms with E-state index in [4.69, 9.17) is 9.47 Å². The fourth-order valence-corrected chi connectivity index (χ4v) is 3.90. The second-order valence-corrected chi connectivity index (χ2v) is 10.2. The lowest BCUT2D eigenvalue weighted by molar-refractivity contribution is -0.160. The predicted octanol–water partition coefficient (Wildman–Crippen LogP) is 2.15. The molecule has 9 nitrogen and oxygen atoms in total. The molecule has 1 rings (SSSR count). The van der Waals surface area contributed by atoms with Crippen molar-refractivity contribution < 1.29 is 34.1 Å². The lowest BCUT2D eigenvalue weighted by Crippen LogP contribution is -2.60. The lowest BCUT2D eigenvalue weighted by Gasteiger charge is -2.39. The van der Waals surface area contributed by atoms with Crippen LogP contribution in [0.1, 0.15) is 68.2 Å². The highest BCUT2D eigenvalue weighted by atomic mass is 16.6. The van der Waals surface area contributed by atoms with Crippen LogP contribution in [-0.2, 0) is 19.1 Å². The van der Waals surface area contributed by atoms with Crippen LogP contribution in [0.5, 0.6) is 0 Å². The monoisotopic (exact) mass is 456 g/mol. The summed E-state index contributed by atoms with van der Waals surface area (Å²) >= 11 is 0. The number of nitrogens with zero attached hydrogens (tertiary/aromatic N) is 1. The first-order chi connectivity index (χ1) is 14.6. The molecule has 184 valence electrons. The third-order valence-corrected chi connectivity index (χ3v) is 4.89. The number of likely N-dealkylation sites (tertiary alicyclic amines) is 1. The number of rotatable bonds is 7. The molecule has 1 aliphatic rings. The summed E-state index contributed by atoms with van der Waals surface area (Å²) in [6.07, 6.45) is 1.98. The van der Waals surface area contributed by atoms with Crippen molar-refractivity contribution in [1.29, 1.82) is 0 Å². The molecule has 1 fully saturated rings. The van der Waals surface area contributed by atoms with E-state index in [0.29, 0.717) is 0 Å². The molecule has 0 aromatic rings. The van der Waals surface area contributed by atoms with Crippen molar-refractivity contribution >= 4 is 18.0 Å².